The maximum atomic E-state index is 12.2. The summed E-state index contributed by atoms with van der Waals surface area (Å²) in [5.74, 6) is 0.872. The van der Waals surface area contributed by atoms with E-state index in [4.69, 9.17) is 4.74 Å². The maximum absolute atomic E-state index is 12.2. The van der Waals surface area contributed by atoms with Crippen LogP contribution in [-0.4, -0.2) is 28.8 Å². The molecule has 0 aliphatic carbocycles. The number of Topliss-reactive ketones (excluding diaryl/α,β-unsaturated/α-hetero) is 1. The second kappa shape index (κ2) is 8.98. The number of carbonyl (C=O) groups excluding carboxylic acids is 1. The lowest BCUT2D eigenvalue weighted by atomic mass is 10.0. The number of rotatable bonds is 10. The molecule has 120 valence electrons. The molecule has 1 aromatic rings. The summed E-state index contributed by atoms with van der Waals surface area (Å²) in [6.07, 6.45) is 3.26. The number of hydrogen-bond acceptors (Lipinski definition) is 3. The van der Waals surface area contributed by atoms with Crippen LogP contribution in [0.3, 0.4) is 0 Å². The Balaban J connectivity index is 2.73. The van der Waals surface area contributed by atoms with E-state index in [-0.39, 0.29) is 5.78 Å². The topological polar surface area (TPSA) is 44.1 Å². The fourth-order valence-electron chi connectivity index (χ4n) is 2.41. The van der Waals surface area contributed by atoms with Crippen molar-refractivity contribution >= 4 is 5.78 Å². The van der Waals surface area contributed by atoms with Gasteiger partial charge in [0.25, 0.3) is 0 Å². The highest BCUT2D eigenvalue weighted by atomic mass is 16.5. The van der Waals surface area contributed by atoms with Crippen LogP contribution in [0.4, 0.5) is 0 Å². The van der Waals surface area contributed by atoms with E-state index in [0.29, 0.717) is 18.9 Å². The summed E-state index contributed by atoms with van der Waals surface area (Å²) in [5, 5.41) is 4.62. The van der Waals surface area contributed by atoms with Crippen molar-refractivity contribution in [2.45, 2.75) is 66.8 Å². The number of carbonyl (C=O) groups is 1. The Morgan fingerprint density at radius 1 is 1.19 bits per heavy atom. The Kier molecular flexibility index (Phi) is 7.65. The average Bonchev–Trinajstić information content (AvgIpc) is 2.83. The van der Waals surface area contributed by atoms with Crippen molar-refractivity contribution in [1.29, 1.82) is 0 Å². The fourth-order valence-corrected chi connectivity index (χ4v) is 2.41. The first-order chi connectivity index (χ1) is 10.0. The Labute approximate surface area is 128 Å². The zero-order chi connectivity index (χ0) is 15.8. The third-order valence-corrected chi connectivity index (χ3v) is 3.69. The first kappa shape index (κ1) is 17.9. The van der Waals surface area contributed by atoms with Crippen LogP contribution in [0, 0.1) is 5.92 Å². The predicted molar refractivity (Wildman–Crippen MR) is 85.9 cm³/mol. The van der Waals surface area contributed by atoms with Gasteiger partial charge in [-0.25, -0.2) is 0 Å². The minimum Gasteiger partial charge on any atom is -0.380 e. The van der Waals surface area contributed by atoms with Gasteiger partial charge in [0.2, 0.25) is 0 Å². The lowest BCUT2D eigenvalue weighted by Gasteiger charge is -2.09. The molecule has 1 rings (SSSR count). The number of ketones is 1. The molecule has 0 fully saturated rings. The molecule has 0 aliphatic heterocycles. The van der Waals surface area contributed by atoms with E-state index in [2.05, 4.69) is 32.8 Å². The molecule has 0 unspecified atom stereocenters. The fraction of sp³-hybridized carbons (Fsp3) is 0.765. The van der Waals surface area contributed by atoms with Crippen molar-refractivity contribution in [3.8, 4) is 0 Å². The second-order valence-corrected chi connectivity index (χ2v) is 5.77. The van der Waals surface area contributed by atoms with Gasteiger partial charge in [0.05, 0.1) is 24.4 Å². The number of aromatic nitrogens is 2. The molecular weight excluding hydrogens is 264 g/mol. The van der Waals surface area contributed by atoms with Gasteiger partial charge < -0.3 is 4.74 Å². The highest BCUT2D eigenvalue weighted by Gasteiger charge is 2.20. The van der Waals surface area contributed by atoms with Crippen molar-refractivity contribution in [3.63, 3.8) is 0 Å². The normalized spacial score (nSPS) is 11.3. The molecule has 0 bridgehead atoms. The monoisotopic (exact) mass is 294 g/mol. The third kappa shape index (κ3) is 4.95. The lowest BCUT2D eigenvalue weighted by Crippen LogP contribution is -2.12. The molecule has 0 radical (unpaired) electrons. The molecular formula is C17H30N2O2. The van der Waals surface area contributed by atoms with Gasteiger partial charge in [-0.3, -0.25) is 9.48 Å². The van der Waals surface area contributed by atoms with E-state index in [0.717, 1.165) is 49.4 Å². The molecule has 0 amide bonds. The van der Waals surface area contributed by atoms with Gasteiger partial charge in [-0.1, -0.05) is 34.6 Å². The summed E-state index contributed by atoms with van der Waals surface area (Å²) in [7, 11) is 0. The van der Waals surface area contributed by atoms with Gasteiger partial charge in [-0.2, -0.15) is 5.10 Å². The van der Waals surface area contributed by atoms with Crippen molar-refractivity contribution in [2.24, 2.45) is 5.92 Å². The molecule has 0 saturated carbocycles. The van der Waals surface area contributed by atoms with E-state index >= 15 is 0 Å². The van der Waals surface area contributed by atoms with Gasteiger partial charge in [-0.15, -0.1) is 0 Å². The van der Waals surface area contributed by atoms with Crippen molar-refractivity contribution in [1.82, 2.24) is 9.78 Å². The van der Waals surface area contributed by atoms with Crippen LogP contribution in [0.1, 0.15) is 69.2 Å². The van der Waals surface area contributed by atoms with Crippen LogP contribution in [0.5, 0.6) is 0 Å². The zero-order valence-electron chi connectivity index (χ0n) is 14.2. The minimum absolute atomic E-state index is 0.204. The molecule has 0 aliphatic rings. The number of aryl methyl sites for hydroxylation is 1. The van der Waals surface area contributed by atoms with Crippen LogP contribution in [0.15, 0.2) is 0 Å². The van der Waals surface area contributed by atoms with Gasteiger partial charge in [0, 0.05) is 18.7 Å². The van der Waals surface area contributed by atoms with Crippen LogP contribution in [0.2, 0.25) is 0 Å². The SMILES string of the molecule is CCC(=O)c1c(CC)nn(CCOCCC(C)C)c1CC. The first-order valence-electron chi connectivity index (χ1n) is 8.24. The Morgan fingerprint density at radius 3 is 2.43 bits per heavy atom. The average molecular weight is 294 g/mol. The van der Waals surface area contributed by atoms with Gasteiger partial charge in [0.1, 0.15) is 0 Å². The molecule has 1 heterocycles. The van der Waals surface area contributed by atoms with E-state index in [9.17, 15) is 4.79 Å². The van der Waals surface area contributed by atoms with Crippen molar-refractivity contribution < 1.29 is 9.53 Å². The molecule has 4 heteroatoms. The van der Waals surface area contributed by atoms with Gasteiger partial charge >= 0.3 is 0 Å². The molecule has 0 aromatic carbocycles. The van der Waals surface area contributed by atoms with Crippen LogP contribution in [-0.2, 0) is 24.1 Å². The van der Waals surface area contributed by atoms with E-state index in [1.54, 1.807) is 0 Å². The molecule has 0 spiro atoms. The Hall–Kier alpha value is -1.16. The standard InChI is InChI=1S/C17H30N2O2/c1-6-14-17(16(20)8-3)15(7-2)19(18-14)10-12-21-11-9-13(4)5/h13H,6-12H2,1-5H3. The van der Waals surface area contributed by atoms with Crippen LogP contribution in [0.25, 0.3) is 0 Å². The minimum atomic E-state index is 0.204. The maximum Gasteiger partial charge on any atom is 0.166 e. The Morgan fingerprint density at radius 2 is 1.90 bits per heavy atom. The molecule has 0 atom stereocenters. The highest BCUT2D eigenvalue weighted by molar-refractivity contribution is 5.98. The second-order valence-electron chi connectivity index (χ2n) is 5.77. The number of hydrogen-bond donors (Lipinski definition) is 0. The summed E-state index contributed by atoms with van der Waals surface area (Å²) < 4.78 is 7.64. The van der Waals surface area contributed by atoms with Crippen LogP contribution >= 0.6 is 0 Å². The lowest BCUT2D eigenvalue weighted by molar-refractivity contribution is 0.0985. The first-order valence-corrected chi connectivity index (χ1v) is 8.24. The summed E-state index contributed by atoms with van der Waals surface area (Å²) in [6.45, 7) is 12.6. The molecule has 21 heavy (non-hydrogen) atoms. The summed E-state index contributed by atoms with van der Waals surface area (Å²) >= 11 is 0. The smallest absolute Gasteiger partial charge is 0.166 e. The van der Waals surface area contributed by atoms with Gasteiger partial charge in [0.15, 0.2) is 5.78 Å². The predicted octanol–water partition coefficient (Wildman–Crippen LogP) is 3.66. The molecule has 0 N–H and O–H groups in total. The van der Waals surface area contributed by atoms with Crippen molar-refractivity contribution in [2.75, 3.05) is 13.2 Å². The van der Waals surface area contributed by atoms with E-state index in [1.165, 1.54) is 0 Å². The summed E-state index contributed by atoms with van der Waals surface area (Å²) in [4.78, 5) is 12.2. The Bertz CT molecular complexity index is 450. The summed E-state index contributed by atoms with van der Waals surface area (Å²) in [5.41, 5.74) is 2.84. The molecule has 4 nitrogen and oxygen atoms in total. The number of ether oxygens (including phenoxy) is 1. The van der Waals surface area contributed by atoms with E-state index < -0.39 is 0 Å². The third-order valence-electron chi connectivity index (χ3n) is 3.69. The quantitative estimate of drug-likeness (QED) is 0.488. The zero-order valence-corrected chi connectivity index (χ0v) is 14.2. The molecule has 1 aromatic heterocycles. The van der Waals surface area contributed by atoms with Crippen molar-refractivity contribution in [3.05, 3.63) is 17.0 Å². The summed E-state index contributed by atoms with van der Waals surface area (Å²) in [6, 6.07) is 0. The van der Waals surface area contributed by atoms with Crippen LogP contribution < -0.4 is 0 Å². The molecule has 0 saturated heterocycles. The largest absolute Gasteiger partial charge is 0.380 e. The van der Waals surface area contributed by atoms with E-state index in [1.807, 2.05) is 11.6 Å². The highest BCUT2D eigenvalue weighted by Crippen LogP contribution is 2.18. The van der Waals surface area contributed by atoms with Gasteiger partial charge in [-0.05, 0) is 25.2 Å². The number of nitrogens with zero attached hydrogens (tertiary/aromatic N) is 2.